The summed E-state index contributed by atoms with van der Waals surface area (Å²) in [7, 11) is 0. The topological polar surface area (TPSA) is 47.5 Å². The molecule has 0 radical (unpaired) electrons. The summed E-state index contributed by atoms with van der Waals surface area (Å²) >= 11 is 1.78. The standard InChI is InChI=1S/C19H25N3O2S/c1-10-25-15-16(1)12-22-7-2-19(3-8-22)4-9-23-13-17(19)14-24-18-11-20-5-6-21-18/h1,5-6,10-11,15,17H,2-4,7-9,12-14H2/t17-/m1/s1. The molecule has 0 amide bonds. The molecule has 0 bridgehead atoms. The molecule has 2 aliphatic heterocycles. The molecule has 2 saturated heterocycles. The van der Waals surface area contributed by atoms with E-state index in [1.165, 1.54) is 18.4 Å². The second-order valence-electron chi connectivity index (χ2n) is 7.15. The molecule has 4 heterocycles. The quantitative estimate of drug-likeness (QED) is 0.820. The molecule has 2 aromatic heterocycles. The Morgan fingerprint density at radius 1 is 1.28 bits per heavy atom. The predicted octanol–water partition coefficient (Wildman–Crippen LogP) is 3.24. The molecule has 5 nitrogen and oxygen atoms in total. The lowest BCUT2D eigenvalue weighted by Crippen LogP contribution is -2.49. The van der Waals surface area contributed by atoms with Crippen molar-refractivity contribution in [1.82, 2.24) is 14.9 Å². The SMILES string of the molecule is c1cnc(OC[C@H]2COCCC23CCN(Cc2ccsc2)CC3)cn1. The summed E-state index contributed by atoms with van der Waals surface area (Å²) in [5.41, 5.74) is 1.79. The molecule has 25 heavy (non-hydrogen) atoms. The highest BCUT2D eigenvalue weighted by molar-refractivity contribution is 7.07. The molecule has 1 spiro atoms. The minimum Gasteiger partial charge on any atom is -0.476 e. The highest BCUT2D eigenvalue weighted by Crippen LogP contribution is 2.45. The highest BCUT2D eigenvalue weighted by Gasteiger charge is 2.43. The van der Waals surface area contributed by atoms with E-state index in [-0.39, 0.29) is 0 Å². The molecule has 0 saturated carbocycles. The Labute approximate surface area is 153 Å². The number of aromatic nitrogens is 2. The predicted molar refractivity (Wildman–Crippen MR) is 97.7 cm³/mol. The van der Waals surface area contributed by atoms with Gasteiger partial charge >= 0.3 is 0 Å². The third kappa shape index (κ3) is 4.02. The van der Waals surface area contributed by atoms with E-state index in [1.807, 2.05) is 0 Å². The van der Waals surface area contributed by atoms with Gasteiger partial charge in [-0.25, -0.2) is 4.98 Å². The second-order valence-corrected chi connectivity index (χ2v) is 7.93. The van der Waals surface area contributed by atoms with Crippen LogP contribution in [0.3, 0.4) is 0 Å². The highest BCUT2D eigenvalue weighted by atomic mass is 32.1. The summed E-state index contributed by atoms with van der Waals surface area (Å²) < 4.78 is 11.7. The largest absolute Gasteiger partial charge is 0.476 e. The minimum absolute atomic E-state index is 0.353. The van der Waals surface area contributed by atoms with Gasteiger partial charge in [0, 0.05) is 31.5 Å². The molecule has 0 unspecified atom stereocenters. The Morgan fingerprint density at radius 2 is 2.20 bits per heavy atom. The zero-order chi connectivity index (χ0) is 17.0. The number of hydrogen-bond acceptors (Lipinski definition) is 6. The van der Waals surface area contributed by atoms with Gasteiger partial charge in [-0.3, -0.25) is 9.88 Å². The van der Waals surface area contributed by atoms with E-state index in [2.05, 4.69) is 31.7 Å². The zero-order valence-electron chi connectivity index (χ0n) is 14.5. The van der Waals surface area contributed by atoms with Crippen molar-refractivity contribution in [2.24, 2.45) is 11.3 Å². The van der Waals surface area contributed by atoms with E-state index in [9.17, 15) is 0 Å². The summed E-state index contributed by atoms with van der Waals surface area (Å²) in [5, 5.41) is 4.43. The summed E-state index contributed by atoms with van der Waals surface area (Å²) in [6, 6.07) is 2.24. The summed E-state index contributed by atoms with van der Waals surface area (Å²) in [6.45, 7) is 5.76. The molecule has 2 aliphatic rings. The van der Waals surface area contributed by atoms with Gasteiger partial charge in [-0.05, 0) is 60.2 Å². The van der Waals surface area contributed by atoms with Crippen molar-refractivity contribution in [3.8, 4) is 5.88 Å². The van der Waals surface area contributed by atoms with Crippen molar-refractivity contribution < 1.29 is 9.47 Å². The first-order valence-electron chi connectivity index (χ1n) is 9.04. The van der Waals surface area contributed by atoms with Gasteiger partial charge in [0.15, 0.2) is 0 Å². The van der Waals surface area contributed by atoms with E-state index in [0.29, 0.717) is 23.8 Å². The van der Waals surface area contributed by atoms with E-state index in [4.69, 9.17) is 9.47 Å². The van der Waals surface area contributed by atoms with Gasteiger partial charge in [0.25, 0.3) is 0 Å². The van der Waals surface area contributed by atoms with Crippen LogP contribution in [0.5, 0.6) is 5.88 Å². The van der Waals surface area contributed by atoms with Gasteiger partial charge in [-0.1, -0.05) is 0 Å². The lowest BCUT2D eigenvalue weighted by Gasteiger charge is -2.48. The summed E-state index contributed by atoms with van der Waals surface area (Å²) in [5.74, 6) is 1.05. The maximum atomic E-state index is 5.92. The number of piperidine rings is 1. The molecule has 0 aromatic carbocycles. The first-order chi connectivity index (χ1) is 12.3. The van der Waals surface area contributed by atoms with Crippen molar-refractivity contribution in [3.63, 3.8) is 0 Å². The molecule has 0 N–H and O–H groups in total. The molecule has 1 atom stereocenters. The molecule has 6 heteroatoms. The zero-order valence-corrected chi connectivity index (χ0v) is 15.3. The van der Waals surface area contributed by atoms with E-state index in [1.54, 1.807) is 29.9 Å². The van der Waals surface area contributed by atoms with Crippen molar-refractivity contribution in [2.75, 3.05) is 32.9 Å². The van der Waals surface area contributed by atoms with Crippen molar-refractivity contribution in [1.29, 1.82) is 0 Å². The number of nitrogens with zero attached hydrogens (tertiary/aromatic N) is 3. The Balaban J connectivity index is 1.35. The van der Waals surface area contributed by atoms with Crippen molar-refractivity contribution in [3.05, 3.63) is 41.0 Å². The maximum Gasteiger partial charge on any atom is 0.232 e. The first kappa shape index (κ1) is 16.9. The second kappa shape index (κ2) is 7.81. The van der Waals surface area contributed by atoms with Crippen LogP contribution in [0, 0.1) is 11.3 Å². The van der Waals surface area contributed by atoms with Crippen LogP contribution in [0.1, 0.15) is 24.8 Å². The molecular formula is C19H25N3O2S. The number of hydrogen-bond donors (Lipinski definition) is 0. The van der Waals surface area contributed by atoms with Crippen LogP contribution in [-0.2, 0) is 11.3 Å². The van der Waals surface area contributed by atoms with Crippen LogP contribution in [0.25, 0.3) is 0 Å². The Bertz CT molecular complexity index is 642. The molecule has 134 valence electrons. The van der Waals surface area contributed by atoms with E-state index < -0.39 is 0 Å². The van der Waals surface area contributed by atoms with Gasteiger partial charge < -0.3 is 9.47 Å². The first-order valence-corrected chi connectivity index (χ1v) is 9.98. The normalized spacial score (nSPS) is 23.6. The smallest absolute Gasteiger partial charge is 0.232 e. The van der Waals surface area contributed by atoms with Gasteiger partial charge in [0.1, 0.15) is 0 Å². The average molecular weight is 359 g/mol. The van der Waals surface area contributed by atoms with Crippen LogP contribution >= 0.6 is 11.3 Å². The van der Waals surface area contributed by atoms with Crippen molar-refractivity contribution >= 4 is 11.3 Å². The average Bonchev–Trinajstić information content (AvgIpc) is 3.17. The van der Waals surface area contributed by atoms with Gasteiger partial charge in [0.2, 0.25) is 5.88 Å². The molecule has 4 rings (SSSR count). The lowest BCUT2D eigenvalue weighted by molar-refractivity contribution is -0.0867. The fraction of sp³-hybridized carbons (Fsp3) is 0.579. The third-order valence-corrected chi connectivity index (χ3v) is 6.47. The molecular weight excluding hydrogens is 334 g/mol. The van der Waals surface area contributed by atoms with Crippen LogP contribution in [0.4, 0.5) is 0 Å². The Kier molecular flexibility index (Phi) is 5.29. The number of thiophene rings is 1. The van der Waals surface area contributed by atoms with Crippen LogP contribution in [0.2, 0.25) is 0 Å². The maximum absolute atomic E-state index is 5.92. The number of rotatable bonds is 5. The third-order valence-electron chi connectivity index (χ3n) is 5.74. The molecule has 0 aliphatic carbocycles. The molecule has 2 fully saturated rings. The minimum atomic E-state index is 0.353. The number of likely N-dealkylation sites (tertiary alicyclic amines) is 1. The molecule has 2 aromatic rings. The van der Waals surface area contributed by atoms with E-state index >= 15 is 0 Å². The summed E-state index contributed by atoms with van der Waals surface area (Å²) in [6.07, 6.45) is 8.63. The monoisotopic (exact) mass is 359 g/mol. The fourth-order valence-corrected chi connectivity index (χ4v) is 4.77. The lowest BCUT2D eigenvalue weighted by atomic mass is 9.66. The van der Waals surface area contributed by atoms with E-state index in [0.717, 1.165) is 39.3 Å². The van der Waals surface area contributed by atoms with Gasteiger partial charge in [0.05, 0.1) is 19.4 Å². The Hall–Kier alpha value is -1.50. The van der Waals surface area contributed by atoms with Crippen LogP contribution in [0.15, 0.2) is 35.4 Å². The number of ether oxygens (including phenoxy) is 2. The Morgan fingerprint density at radius 3 is 2.96 bits per heavy atom. The fourth-order valence-electron chi connectivity index (χ4n) is 4.11. The van der Waals surface area contributed by atoms with Gasteiger partial charge in [-0.15, -0.1) is 0 Å². The van der Waals surface area contributed by atoms with Crippen molar-refractivity contribution in [2.45, 2.75) is 25.8 Å². The van der Waals surface area contributed by atoms with Crippen LogP contribution < -0.4 is 4.74 Å². The van der Waals surface area contributed by atoms with Crippen LogP contribution in [-0.4, -0.2) is 47.8 Å². The summed E-state index contributed by atoms with van der Waals surface area (Å²) in [4.78, 5) is 10.9. The van der Waals surface area contributed by atoms with Gasteiger partial charge in [-0.2, -0.15) is 11.3 Å².